The summed E-state index contributed by atoms with van der Waals surface area (Å²) in [7, 11) is 1.33. The molecule has 2 heterocycles. The summed E-state index contributed by atoms with van der Waals surface area (Å²) in [6, 6.07) is 7.68. The van der Waals surface area contributed by atoms with Crippen LogP contribution in [0, 0.1) is 5.92 Å². The zero-order valence-electron chi connectivity index (χ0n) is 11.4. The van der Waals surface area contributed by atoms with E-state index < -0.39 is 5.97 Å². The third-order valence-corrected chi connectivity index (χ3v) is 4.23. The number of rotatable bonds is 3. The predicted molar refractivity (Wildman–Crippen MR) is 74.5 cm³/mol. The average molecular weight is 274 g/mol. The molecule has 2 aliphatic heterocycles. The van der Waals surface area contributed by atoms with Gasteiger partial charge < -0.3 is 15.4 Å². The second-order valence-electron chi connectivity index (χ2n) is 5.42. The number of fused-ring (bicyclic) bond motifs is 2. The highest BCUT2D eigenvalue weighted by Gasteiger charge is 2.42. The second kappa shape index (κ2) is 5.25. The first-order chi connectivity index (χ1) is 9.69. The van der Waals surface area contributed by atoms with Gasteiger partial charge in [0.1, 0.15) is 0 Å². The largest absolute Gasteiger partial charge is 0.465 e. The molecule has 0 radical (unpaired) electrons. The fourth-order valence-electron chi connectivity index (χ4n) is 3.22. The van der Waals surface area contributed by atoms with Crippen LogP contribution in [-0.2, 0) is 9.53 Å². The van der Waals surface area contributed by atoms with E-state index in [0.717, 1.165) is 19.3 Å². The van der Waals surface area contributed by atoms with Crippen LogP contribution in [-0.4, -0.2) is 31.1 Å². The average Bonchev–Trinajstić information content (AvgIpc) is 3.09. The minimum Gasteiger partial charge on any atom is -0.465 e. The first-order valence-corrected chi connectivity index (χ1v) is 6.93. The zero-order valence-corrected chi connectivity index (χ0v) is 11.4. The molecule has 0 aromatic heterocycles. The number of nitrogens with one attached hydrogen (secondary N) is 2. The van der Waals surface area contributed by atoms with Crippen LogP contribution in [0.4, 0.5) is 5.69 Å². The van der Waals surface area contributed by atoms with Crippen molar-refractivity contribution in [2.45, 2.75) is 31.3 Å². The lowest BCUT2D eigenvalue weighted by Crippen LogP contribution is -2.33. The fourth-order valence-corrected chi connectivity index (χ4v) is 3.22. The topological polar surface area (TPSA) is 67.4 Å². The van der Waals surface area contributed by atoms with Crippen LogP contribution in [0.25, 0.3) is 0 Å². The number of amides is 1. The molecule has 2 fully saturated rings. The van der Waals surface area contributed by atoms with Crippen LogP contribution in [0.1, 0.15) is 29.6 Å². The molecule has 3 rings (SSSR count). The zero-order chi connectivity index (χ0) is 14.1. The van der Waals surface area contributed by atoms with Gasteiger partial charge in [-0.05, 0) is 31.4 Å². The molecule has 2 bridgehead atoms. The number of anilines is 1. The summed E-state index contributed by atoms with van der Waals surface area (Å²) in [5.41, 5.74) is 0.909. The highest BCUT2D eigenvalue weighted by molar-refractivity contribution is 6.02. The molecule has 1 aromatic rings. The minimum atomic E-state index is -0.438. The standard InChI is InChI=1S/C15H18N2O3/c1-20-15(19)10-4-2-3-5-12(10)17-14(18)11-8-9-6-7-13(11)16-9/h2-5,9,11,13,16H,6-8H2,1H3,(H,17,18). The van der Waals surface area contributed by atoms with Crippen LogP contribution in [0.15, 0.2) is 24.3 Å². The van der Waals surface area contributed by atoms with Crippen LogP contribution >= 0.6 is 0 Å². The number of carbonyl (C=O) groups is 2. The highest BCUT2D eigenvalue weighted by atomic mass is 16.5. The van der Waals surface area contributed by atoms with Crippen molar-refractivity contribution in [3.63, 3.8) is 0 Å². The number of esters is 1. The molecule has 0 saturated carbocycles. The van der Waals surface area contributed by atoms with Crippen LogP contribution in [0.2, 0.25) is 0 Å². The van der Waals surface area contributed by atoms with Gasteiger partial charge in [-0.1, -0.05) is 12.1 Å². The maximum atomic E-state index is 12.4. The Morgan fingerprint density at radius 1 is 1.30 bits per heavy atom. The van der Waals surface area contributed by atoms with Gasteiger partial charge in [0.25, 0.3) is 0 Å². The maximum absolute atomic E-state index is 12.4. The molecule has 1 amide bonds. The van der Waals surface area contributed by atoms with Gasteiger partial charge in [-0.3, -0.25) is 4.79 Å². The van der Waals surface area contributed by atoms with Gasteiger partial charge in [0, 0.05) is 12.1 Å². The number of hydrogen-bond acceptors (Lipinski definition) is 4. The normalized spacial score (nSPS) is 27.4. The molecular weight excluding hydrogens is 256 g/mol. The van der Waals surface area contributed by atoms with Gasteiger partial charge in [0.2, 0.25) is 5.91 Å². The maximum Gasteiger partial charge on any atom is 0.339 e. The minimum absolute atomic E-state index is 0.000506. The van der Waals surface area contributed by atoms with Crippen molar-refractivity contribution in [3.05, 3.63) is 29.8 Å². The van der Waals surface area contributed by atoms with Crippen molar-refractivity contribution in [3.8, 4) is 0 Å². The Balaban J connectivity index is 1.75. The van der Waals surface area contributed by atoms with Crippen molar-refractivity contribution in [1.29, 1.82) is 0 Å². The third-order valence-electron chi connectivity index (χ3n) is 4.23. The SMILES string of the molecule is COC(=O)c1ccccc1NC(=O)C1CC2CCC1N2. The highest BCUT2D eigenvalue weighted by Crippen LogP contribution is 2.34. The summed E-state index contributed by atoms with van der Waals surface area (Å²) in [5, 5.41) is 6.31. The van der Waals surface area contributed by atoms with E-state index in [0.29, 0.717) is 17.3 Å². The summed E-state index contributed by atoms with van der Waals surface area (Å²) in [6.07, 6.45) is 3.10. The molecule has 2 aliphatic rings. The van der Waals surface area contributed by atoms with Crippen molar-refractivity contribution < 1.29 is 14.3 Å². The summed E-state index contributed by atoms with van der Waals surface area (Å²) in [6.45, 7) is 0. The van der Waals surface area contributed by atoms with Crippen molar-refractivity contribution in [2.24, 2.45) is 5.92 Å². The first-order valence-electron chi connectivity index (χ1n) is 6.93. The number of carbonyl (C=O) groups excluding carboxylic acids is 2. The molecule has 1 aromatic carbocycles. The summed E-state index contributed by atoms with van der Waals surface area (Å²) >= 11 is 0. The molecule has 5 nitrogen and oxygen atoms in total. The number of ether oxygens (including phenoxy) is 1. The van der Waals surface area contributed by atoms with E-state index in [2.05, 4.69) is 10.6 Å². The monoisotopic (exact) mass is 274 g/mol. The lowest BCUT2D eigenvalue weighted by Gasteiger charge is -2.20. The quantitative estimate of drug-likeness (QED) is 0.821. The van der Waals surface area contributed by atoms with E-state index in [-0.39, 0.29) is 17.9 Å². The number of benzene rings is 1. The summed E-state index contributed by atoms with van der Waals surface area (Å²) in [4.78, 5) is 24.0. The molecule has 0 aliphatic carbocycles. The molecule has 2 N–H and O–H groups in total. The Hall–Kier alpha value is -1.88. The predicted octanol–water partition coefficient (Wildman–Crippen LogP) is 1.55. The van der Waals surface area contributed by atoms with E-state index in [4.69, 9.17) is 4.74 Å². The van der Waals surface area contributed by atoms with Crippen molar-refractivity contribution >= 4 is 17.6 Å². The molecule has 20 heavy (non-hydrogen) atoms. The van der Waals surface area contributed by atoms with Gasteiger partial charge in [0.15, 0.2) is 0 Å². The number of para-hydroxylation sites is 1. The number of methoxy groups -OCH3 is 1. The number of hydrogen-bond donors (Lipinski definition) is 2. The van der Waals surface area contributed by atoms with E-state index in [9.17, 15) is 9.59 Å². The van der Waals surface area contributed by atoms with Gasteiger partial charge in [-0.25, -0.2) is 4.79 Å². The van der Waals surface area contributed by atoms with Gasteiger partial charge >= 0.3 is 5.97 Å². The molecule has 5 heteroatoms. The van der Waals surface area contributed by atoms with Gasteiger partial charge in [-0.2, -0.15) is 0 Å². The van der Waals surface area contributed by atoms with E-state index in [1.54, 1.807) is 24.3 Å². The molecular formula is C15H18N2O3. The summed E-state index contributed by atoms with van der Waals surface area (Å²) < 4.78 is 4.73. The van der Waals surface area contributed by atoms with Crippen molar-refractivity contribution in [1.82, 2.24) is 5.32 Å². The first kappa shape index (κ1) is 13.1. The molecule has 106 valence electrons. The van der Waals surface area contributed by atoms with Crippen LogP contribution in [0.5, 0.6) is 0 Å². The van der Waals surface area contributed by atoms with E-state index in [1.165, 1.54) is 7.11 Å². The fraction of sp³-hybridized carbons (Fsp3) is 0.467. The smallest absolute Gasteiger partial charge is 0.339 e. The Kier molecular flexibility index (Phi) is 3.44. The molecule has 2 saturated heterocycles. The lowest BCUT2D eigenvalue weighted by molar-refractivity contribution is -0.120. The Bertz CT molecular complexity index is 544. The Morgan fingerprint density at radius 2 is 2.10 bits per heavy atom. The van der Waals surface area contributed by atoms with Crippen molar-refractivity contribution in [2.75, 3.05) is 12.4 Å². The Morgan fingerprint density at radius 3 is 2.75 bits per heavy atom. The molecule has 3 atom stereocenters. The van der Waals surface area contributed by atoms with Crippen LogP contribution < -0.4 is 10.6 Å². The van der Waals surface area contributed by atoms with Crippen LogP contribution in [0.3, 0.4) is 0 Å². The summed E-state index contributed by atoms with van der Waals surface area (Å²) in [5.74, 6) is -0.451. The lowest BCUT2D eigenvalue weighted by atomic mass is 9.88. The third kappa shape index (κ3) is 2.29. The van der Waals surface area contributed by atoms with Gasteiger partial charge in [-0.15, -0.1) is 0 Å². The molecule has 0 spiro atoms. The van der Waals surface area contributed by atoms with E-state index >= 15 is 0 Å². The molecule has 3 unspecified atom stereocenters. The second-order valence-corrected chi connectivity index (χ2v) is 5.42. The van der Waals surface area contributed by atoms with Gasteiger partial charge in [0.05, 0.1) is 24.3 Å². The van der Waals surface area contributed by atoms with E-state index in [1.807, 2.05) is 0 Å². The Labute approximate surface area is 117 Å².